The Bertz CT molecular complexity index is 1570. The number of nitrogens with zero attached hydrogens (tertiary/aromatic N) is 2. The van der Waals surface area contributed by atoms with Crippen molar-refractivity contribution < 1.29 is 33.8 Å². The number of phenols is 1. The molecule has 0 radical (unpaired) electrons. The summed E-state index contributed by atoms with van der Waals surface area (Å²) in [5, 5.41) is 11.3. The number of carbonyl (C=O) groups excluding carboxylic acids is 4. The standard InChI is InChI=1S/C31H30Cl2N2O7/c1-5-15-6-8-16(9-7-15)35-26(37)19-11-10-18-20(23(19)27(35)38)14-30(32)28(39)34(2)29(40)31(30,33)25(18)24-21(36)12-17(41-3)13-22(24)42-4/h6-10,12-13,19-20,23,25,36H,5,11,14H2,1-4H3/t19-,20+,23-,25+,30+,31-/m0/s1. The van der Waals surface area contributed by atoms with Crippen LogP contribution in [0.5, 0.6) is 17.2 Å². The first-order valence-electron chi connectivity index (χ1n) is 13.8. The second-order valence-electron chi connectivity index (χ2n) is 11.3. The van der Waals surface area contributed by atoms with Crippen molar-refractivity contribution in [3.63, 3.8) is 0 Å². The lowest BCUT2D eigenvalue weighted by Gasteiger charge is -2.51. The maximum absolute atomic E-state index is 14.1. The minimum atomic E-state index is -2.05. The van der Waals surface area contributed by atoms with Crippen LogP contribution in [-0.4, -0.2) is 64.7 Å². The molecule has 0 spiro atoms. The van der Waals surface area contributed by atoms with Crippen molar-refractivity contribution >= 4 is 52.5 Å². The molecule has 0 aromatic heterocycles. The minimum absolute atomic E-state index is 0.142. The van der Waals surface area contributed by atoms with Crippen LogP contribution in [0.15, 0.2) is 48.0 Å². The highest BCUT2D eigenvalue weighted by Crippen LogP contribution is 2.67. The zero-order chi connectivity index (χ0) is 30.3. The average Bonchev–Trinajstić information content (AvgIpc) is 3.32. The van der Waals surface area contributed by atoms with Crippen LogP contribution >= 0.6 is 23.2 Å². The molecule has 2 aromatic carbocycles. The van der Waals surface area contributed by atoms with Crippen molar-refractivity contribution in [3.8, 4) is 17.2 Å². The third-order valence-electron chi connectivity index (χ3n) is 9.46. The first-order valence-corrected chi connectivity index (χ1v) is 14.5. The van der Waals surface area contributed by atoms with E-state index < -0.39 is 51.1 Å². The number of halogens is 2. The largest absolute Gasteiger partial charge is 0.507 e. The topological polar surface area (TPSA) is 113 Å². The predicted octanol–water partition coefficient (Wildman–Crippen LogP) is 4.17. The SMILES string of the molecule is CCc1ccc(N2C(=O)[C@H]3[C@H](CC=C4[C@H]3C[C@@]3(Cl)C(=O)N(C)C(=O)[C@@]3(Cl)[C@H]4c3c(O)cc(OC)cc3OC)C2=O)cc1. The second kappa shape index (κ2) is 9.74. The molecule has 3 fully saturated rings. The Kier molecular flexibility index (Phi) is 6.62. The number of alkyl halides is 2. The van der Waals surface area contributed by atoms with E-state index in [-0.39, 0.29) is 35.8 Å². The summed E-state index contributed by atoms with van der Waals surface area (Å²) in [6, 6.07) is 10.2. The van der Waals surface area contributed by atoms with Crippen molar-refractivity contribution in [2.75, 3.05) is 26.2 Å². The number of imide groups is 2. The highest BCUT2D eigenvalue weighted by Gasteiger charge is 2.76. The summed E-state index contributed by atoms with van der Waals surface area (Å²) >= 11 is 14.4. The third kappa shape index (κ3) is 3.56. The zero-order valence-corrected chi connectivity index (χ0v) is 25.0. The fourth-order valence-electron chi connectivity index (χ4n) is 7.36. The van der Waals surface area contributed by atoms with Gasteiger partial charge in [0, 0.05) is 30.7 Å². The molecule has 220 valence electrons. The van der Waals surface area contributed by atoms with Gasteiger partial charge in [-0.3, -0.25) is 29.0 Å². The van der Waals surface area contributed by atoms with E-state index in [9.17, 15) is 24.3 Å². The maximum Gasteiger partial charge on any atom is 0.253 e. The molecular weight excluding hydrogens is 583 g/mol. The first-order chi connectivity index (χ1) is 19.9. The Labute approximate surface area is 253 Å². The maximum atomic E-state index is 14.1. The van der Waals surface area contributed by atoms with E-state index >= 15 is 0 Å². The Morgan fingerprint density at radius 3 is 2.29 bits per heavy atom. The molecule has 9 nitrogen and oxygen atoms in total. The van der Waals surface area contributed by atoms with Crippen molar-refractivity contribution in [1.29, 1.82) is 0 Å². The Balaban J connectivity index is 1.53. The molecule has 2 heterocycles. The summed E-state index contributed by atoms with van der Waals surface area (Å²) in [7, 11) is 4.14. The van der Waals surface area contributed by atoms with Gasteiger partial charge >= 0.3 is 0 Å². The Morgan fingerprint density at radius 2 is 1.67 bits per heavy atom. The number of likely N-dealkylation sites (tertiary alicyclic amines) is 1. The summed E-state index contributed by atoms with van der Waals surface area (Å²) in [6.07, 6.45) is 2.69. The smallest absolute Gasteiger partial charge is 0.253 e. The number of allylic oxidation sites excluding steroid dienone is 2. The number of phenolic OH excluding ortho intramolecular Hbond substituents is 1. The van der Waals surface area contributed by atoms with Crippen LogP contribution in [0.25, 0.3) is 0 Å². The molecule has 42 heavy (non-hydrogen) atoms. The van der Waals surface area contributed by atoms with Crippen LogP contribution in [0.3, 0.4) is 0 Å². The molecule has 2 aromatic rings. The van der Waals surface area contributed by atoms with Crippen LogP contribution in [-0.2, 0) is 25.6 Å². The molecule has 4 amide bonds. The molecule has 6 rings (SSSR count). The molecule has 6 atom stereocenters. The van der Waals surface area contributed by atoms with Crippen LogP contribution < -0.4 is 14.4 Å². The number of ether oxygens (including phenoxy) is 2. The van der Waals surface area contributed by atoms with Gasteiger partial charge in [-0.1, -0.05) is 30.7 Å². The molecule has 2 aliphatic carbocycles. The molecule has 0 unspecified atom stereocenters. The van der Waals surface area contributed by atoms with Crippen molar-refractivity contribution in [2.24, 2.45) is 17.8 Å². The highest BCUT2D eigenvalue weighted by atomic mass is 35.5. The second-order valence-corrected chi connectivity index (χ2v) is 12.5. The van der Waals surface area contributed by atoms with Gasteiger partial charge in [-0.15, -0.1) is 23.2 Å². The van der Waals surface area contributed by atoms with Crippen LogP contribution in [0, 0.1) is 17.8 Å². The van der Waals surface area contributed by atoms with Gasteiger partial charge in [0.15, 0.2) is 9.75 Å². The zero-order valence-electron chi connectivity index (χ0n) is 23.5. The highest BCUT2D eigenvalue weighted by molar-refractivity contribution is 6.53. The summed E-state index contributed by atoms with van der Waals surface area (Å²) in [4.78, 5) is 53.4. The van der Waals surface area contributed by atoms with Gasteiger partial charge in [0.05, 0.1) is 31.7 Å². The minimum Gasteiger partial charge on any atom is -0.507 e. The number of carbonyl (C=O) groups is 4. The number of benzene rings is 2. The van der Waals surface area contributed by atoms with E-state index in [1.165, 1.54) is 38.3 Å². The molecule has 1 saturated carbocycles. The van der Waals surface area contributed by atoms with E-state index in [1.807, 2.05) is 25.1 Å². The number of anilines is 1. The summed E-state index contributed by atoms with van der Waals surface area (Å²) < 4.78 is 10.9. The van der Waals surface area contributed by atoms with Gasteiger partial charge in [-0.25, -0.2) is 0 Å². The number of amides is 4. The van der Waals surface area contributed by atoms with E-state index in [2.05, 4.69) is 0 Å². The molecule has 0 bridgehead atoms. The summed E-state index contributed by atoms with van der Waals surface area (Å²) in [6.45, 7) is 2.02. The van der Waals surface area contributed by atoms with Crippen LogP contribution in [0.4, 0.5) is 5.69 Å². The molecular formula is C31H30Cl2N2O7. The first kappa shape index (κ1) is 28.6. The lowest BCUT2D eigenvalue weighted by molar-refractivity contribution is -0.138. The number of aryl methyl sites for hydroxylation is 1. The summed E-state index contributed by atoms with van der Waals surface area (Å²) in [5.74, 6) is -5.37. The van der Waals surface area contributed by atoms with Crippen molar-refractivity contribution in [3.05, 3.63) is 59.2 Å². The fourth-order valence-corrected chi connectivity index (χ4v) is 8.36. The van der Waals surface area contributed by atoms with Gasteiger partial charge in [0.25, 0.3) is 11.8 Å². The quantitative estimate of drug-likeness (QED) is 0.306. The normalized spacial score (nSPS) is 32.0. The van der Waals surface area contributed by atoms with E-state index in [0.717, 1.165) is 16.9 Å². The van der Waals surface area contributed by atoms with Gasteiger partial charge in [0.1, 0.15) is 17.2 Å². The number of fused-ring (bicyclic) bond motifs is 4. The predicted molar refractivity (Wildman–Crippen MR) is 155 cm³/mol. The Hall–Kier alpha value is -3.56. The molecule has 1 N–H and O–H groups in total. The molecule has 2 aliphatic heterocycles. The molecule has 2 saturated heterocycles. The van der Waals surface area contributed by atoms with Crippen LogP contribution in [0.2, 0.25) is 0 Å². The number of rotatable bonds is 5. The van der Waals surface area contributed by atoms with Gasteiger partial charge in [0.2, 0.25) is 11.8 Å². The fraction of sp³-hybridized carbons (Fsp3) is 0.419. The lowest BCUT2D eigenvalue weighted by atomic mass is 9.56. The number of hydrogen-bond donors (Lipinski definition) is 1. The van der Waals surface area contributed by atoms with Crippen molar-refractivity contribution in [2.45, 2.75) is 41.9 Å². The van der Waals surface area contributed by atoms with E-state index in [4.69, 9.17) is 32.7 Å². The summed E-state index contributed by atoms with van der Waals surface area (Å²) in [5.41, 5.74) is 2.24. The average molecular weight is 613 g/mol. The number of methoxy groups -OCH3 is 2. The third-order valence-corrected chi connectivity index (χ3v) is 10.9. The monoisotopic (exact) mass is 612 g/mol. The van der Waals surface area contributed by atoms with E-state index in [1.54, 1.807) is 12.1 Å². The van der Waals surface area contributed by atoms with Gasteiger partial charge in [-0.2, -0.15) is 0 Å². The molecule has 11 heteroatoms. The van der Waals surface area contributed by atoms with Gasteiger partial charge < -0.3 is 14.6 Å². The van der Waals surface area contributed by atoms with Crippen molar-refractivity contribution in [1.82, 2.24) is 4.90 Å². The van der Waals surface area contributed by atoms with E-state index in [0.29, 0.717) is 17.0 Å². The van der Waals surface area contributed by atoms with Crippen LogP contribution in [0.1, 0.15) is 36.8 Å². The Morgan fingerprint density at radius 1 is 0.976 bits per heavy atom. The number of aromatic hydroxyl groups is 1. The number of hydrogen-bond acceptors (Lipinski definition) is 7. The lowest BCUT2D eigenvalue weighted by Crippen LogP contribution is -2.60. The molecule has 4 aliphatic rings. The van der Waals surface area contributed by atoms with Gasteiger partial charge in [-0.05, 0) is 42.9 Å².